The smallest absolute Gasteiger partial charge is 0.337 e. The van der Waals surface area contributed by atoms with Gasteiger partial charge < -0.3 is 15.8 Å². The monoisotopic (exact) mass is 331 g/mol. The Kier molecular flexibility index (Phi) is 3.43. The summed E-state index contributed by atoms with van der Waals surface area (Å²) in [4.78, 5) is 19.3. The summed E-state index contributed by atoms with van der Waals surface area (Å²) in [5.74, 6) is -0.537. The van der Waals surface area contributed by atoms with E-state index in [0.717, 1.165) is 41.6 Å². The second kappa shape index (κ2) is 5.35. The van der Waals surface area contributed by atoms with Crippen molar-refractivity contribution in [2.24, 2.45) is 11.7 Å². The van der Waals surface area contributed by atoms with Crippen LogP contribution in [0.25, 0.3) is 11.3 Å². The summed E-state index contributed by atoms with van der Waals surface area (Å²) in [5.41, 5.74) is 11.1. The van der Waals surface area contributed by atoms with Crippen LogP contribution in [0.1, 0.15) is 52.5 Å². The van der Waals surface area contributed by atoms with Crippen LogP contribution in [0.15, 0.2) is 12.3 Å². The van der Waals surface area contributed by atoms with E-state index in [1.165, 1.54) is 6.42 Å². The normalized spacial score (nSPS) is 18.0. The summed E-state index contributed by atoms with van der Waals surface area (Å²) in [5, 5.41) is 10.1. The zero-order valence-electron chi connectivity index (χ0n) is 12.6. The maximum atomic E-state index is 11.9. The molecule has 0 amide bonds. The first-order chi connectivity index (χ1) is 11.1. The maximum absolute atomic E-state index is 11.9. The molecule has 120 valence electrons. The minimum absolute atomic E-state index is 0.249. The van der Waals surface area contributed by atoms with Crippen molar-refractivity contribution in [3.63, 3.8) is 0 Å². The molecule has 1 atom stereocenters. The van der Waals surface area contributed by atoms with E-state index < -0.39 is 5.97 Å². The van der Waals surface area contributed by atoms with Crippen molar-refractivity contribution in [3.05, 3.63) is 39.8 Å². The first-order valence-corrected chi connectivity index (χ1v) is 8.32. The highest BCUT2D eigenvalue weighted by atomic mass is 35.5. The third-order valence-electron chi connectivity index (χ3n) is 5.20. The Bertz CT molecular complexity index is 795. The Labute approximate surface area is 138 Å². The number of nitrogens with one attached hydrogen (secondary N) is 1. The van der Waals surface area contributed by atoms with Crippen molar-refractivity contribution in [2.75, 3.05) is 0 Å². The molecule has 0 aromatic carbocycles. The standard InChI is InChI=1S/C17H18ClN3O2/c18-12-6-11-9(7-20-12)4-5-10-13(17(22)23)16(21-15(10)11)14(19)8-2-1-3-8/h6-8,14,21H,1-5,19H2,(H,22,23). The molecule has 4 rings (SSSR count). The highest BCUT2D eigenvalue weighted by Crippen LogP contribution is 2.42. The first kappa shape index (κ1) is 14.7. The molecule has 0 radical (unpaired) electrons. The molecule has 2 heterocycles. The fourth-order valence-corrected chi connectivity index (χ4v) is 3.88. The van der Waals surface area contributed by atoms with Crippen molar-refractivity contribution >= 4 is 17.6 Å². The zero-order valence-corrected chi connectivity index (χ0v) is 13.4. The zero-order chi connectivity index (χ0) is 16.1. The average molecular weight is 332 g/mol. The van der Waals surface area contributed by atoms with Crippen molar-refractivity contribution in [2.45, 2.75) is 38.1 Å². The van der Waals surface area contributed by atoms with Gasteiger partial charge in [-0.1, -0.05) is 18.0 Å². The third kappa shape index (κ3) is 2.26. The van der Waals surface area contributed by atoms with Crippen LogP contribution in [0.4, 0.5) is 0 Å². The number of aromatic amines is 1. The van der Waals surface area contributed by atoms with Gasteiger partial charge >= 0.3 is 5.97 Å². The van der Waals surface area contributed by atoms with Gasteiger partial charge in [-0.2, -0.15) is 0 Å². The lowest BCUT2D eigenvalue weighted by atomic mass is 9.78. The summed E-state index contributed by atoms with van der Waals surface area (Å²) in [6, 6.07) is 1.55. The molecule has 1 saturated carbocycles. The number of carbonyl (C=O) groups is 1. The Balaban J connectivity index is 1.88. The molecule has 2 aliphatic carbocycles. The van der Waals surface area contributed by atoms with E-state index in [9.17, 15) is 9.90 Å². The van der Waals surface area contributed by atoms with Crippen molar-refractivity contribution in [1.29, 1.82) is 0 Å². The molecule has 1 fully saturated rings. The number of carboxylic acids is 1. The number of H-pyrrole nitrogens is 1. The molecular formula is C17H18ClN3O2. The predicted molar refractivity (Wildman–Crippen MR) is 87.7 cm³/mol. The number of hydrogen-bond acceptors (Lipinski definition) is 3. The van der Waals surface area contributed by atoms with Crippen molar-refractivity contribution in [1.82, 2.24) is 9.97 Å². The van der Waals surface area contributed by atoms with E-state index in [1.807, 2.05) is 0 Å². The van der Waals surface area contributed by atoms with E-state index in [0.29, 0.717) is 28.7 Å². The number of rotatable bonds is 3. The van der Waals surface area contributed by atoms with E-state index in [2.05, 4.69) is 9.97 Å². The minimum Gasteiger partial charge on any atom is -0.478 e. The van der Waals surface area contributed by atoms with Crippen LogP contribution in [0.3, 0.4) is 0 Å². The summed E-state index contributed by atoms with van der Waals surface area (Å²) in [6.07, 6.45) is 6.52. The van der Waals surface area contributed by atoms with Crippen molar-refractivity contribution in [3.8, 4) is 11.3 Å². The van der Waals surface area contributed by atoms with Crippen LogP contribution in [-0.4, -0.2) is 21.0 Å². The molecule has 5 nitrogen and oxygen atoms in total. The molecule has 4 N–H and O–H groups in total. The van der Waals surface area contributed by atoms with E-state index in [1.54, 1.807) is 12.3 Å². The SMILES string of the molecule is NC(c1[nH]c2c(c1C(=O)O)CCc1cnc(Cl)cc1-2)C1CCC1. The number of halogens is 1. The number of aromatic carboxylic acids is 1. The lowest BCUT2D eigenvalue weighted by molar-refractivity contribution is 0.0693. The van der Waals surface area contributed by atoms with Gasteiger partial charge in [-0.15, -0.1) is 0 Å². The number of pyridine rings is 1. The largest absolute Gasteiger partial charge is 0.478 e. The molecule has 2 aliphatic rings. The third-order valence-corrected chi connectivity index (χ3v) is 5.41. The summed E-state index contributed by atoms with van der Waals surface area (Å²) in [7, 11) is 0. The molecule has 2 aromatic heterocycles. The van der Waals surface area contributed by atoms with Gasteiger partial charge in [-0.25, -0.2) is 9.78 Å². The summed E-state index contributed by atoms with van der Waals surface area (Å²) >= 11 is 6.03. The highest BCUT2D eigenvalue weighted by molar-refractivity contribution is 6.29. The van der Waals surface area contributed by atoms with Gasteiger partial charge in [-0.3, -0.25) is 0 Å². The van der Waals surface area contributed by atoms with Crippen LogP contribution >= 0.6 is 11.6 Å². The van der Waals surface area contributed by atoms with Crippen LogP contribution in [0, 0.1) is 5.92 Å². The van der Waals surface area contributed by atoms with Gasteiger partial charge in [-0.05, 0) is 48.8 Å². The Morgan fingerprint density at radius 1 is 1.43 bits per heavy atom. The van der Waals surface area contributed by atoms with Crippen LogP contribution in [0.2, 0.25) is 5.15 Å². The van der Waals surface area contributed by atoms with E-state index in [-0.39, 0.29) is 6.04 Å². The number of nitrogens with two attached hydrogens (primary N) is 1. The van der Waals surface area contributed by atoms with Crippen LogP contribution in [-0.2, 0) is 12.8 Å². The fourth-order valence-electron chi connectivity index (χ4n) is 3.72. The molecular weight excluding hydrogens is 314 g/mol. The van der Waals surface area contributed by atoms with E-state index >= 15 is 0 Å². The van der Waals surface area contributed by atoms with Gasteiger partial charge in [0.1, 0.15) is 5.15 Å². The highest BCUT2D eigenvalue weighted by Gasteiger charge is 2.34. The average Bonchev–Trinajstić information content (AvgIpc) is 2.85. The second-order valence-electron chi connectivity index (χ2n) is 6.45. The molecule has 6 heteroatoms. The lowest BCUT2D eigenvalue weighted by Crippen LogP contribution is -2.28. The van der Waals surface area contributed by atoms with Gasteiger partial charge in [0.2, 0.25) is 0 Å². The fraction of sp³-hybridized carbons (Fsp3) is 0.412. The van der Waals surface area contributed by atoms with Gasteiger partial charge in [0.05, 0.1) is 11.3 Å². The Morgan fingerprint density at radius 2 is 2.22 bits per heavy atom. The van der Waals surface area contributed by atoms with E-state index in [4.69, 9.17) is 17.3 Å². The Morgan fingerprint density at radius 3 is 2.87 bits per heavy atom. The number of fused-ring (bicyclic) bond motifs is 3. The molecule has 0 bridgehead atoms. The first-order valence-electron chi connectivity index (χ1n) is 7.94. The van der Waals surface area contributed by atoms with Crippen molar-refractivity contribution < 1.29 is 9.90 Å². The molecule has 0 spiro atoms. The second-order valence-corrected chi connectivity index (χ2v) is 6.84. The summed E-state index contributed by atoms with van der Waals surface area (Å²) < 4.78 is 0. The number of aromatic nitrogens is 2. The molecule has 0 saturated heterocycles. The number of hydrogen-bond donors (Lipinski definition) is 3. The van der Waals surface area contributed by atoms with Crippen LogP contribution in [0.5, 0.6) is 0 Å². The molecule has 1 unspecified atom stereocenters. The maximum Gasteiger partial charge on any atom is 0.337 e. The van der Waals surface area contributed by atoms with Gasteiger partial charge in [0.15, 0.2) is 0 Å². The number of carboxylic acid groups (broad SMARTS) is 1. The van der Waals surface area contributed by atoms with Crippen LogP contribution < -0.4 is 5.73 Å². The quantitative estimate of drug-likeness (QED) is 0.752. The minimum atomic E-state index is -0.907. The summed E-state index contributed by atoms with van der Waals surface area (Å²) in [6.45, 7) is 0. The molecule has 0 aliphatic heterocycles. The number of aryl methyl sites for hydroxylation is 1. The number of nitrogens with zero attached hydrogens (tertiary/aromatic N) is 1. The van der Waals surface area contributed by atoms with Gasteiger partial charge in [0, 0.05) is 23.5 Å². The molecule has 2 aromatic rings. The Hall–Kier alpha value is -1.85. The van der Waals surface area contributed by atoms with Gasteiger partial charge in [0.25, 0.3) is 0 Å². The topological polar surface area (TPSA) is 92.0 Å². The lowest BCUT2D eigenvalue weighted by Gasteiger charge is -2.31. The predicted octanol–water partition coefficient (Wildman–Crippen LogP) is 3.33. The molecule has 23 heavy (non-hydrogen) atoms.